The standard InChI is InChI=1S/C16H25NO2/c1-5-14(13-11-9-8-10-12-13)16(4,19)15(18)17(6-2)7-3/h8-12,14,19H,5-7H2,1-4H3. The van der Waals surface area contributed by atoms with Gasteiger partial charge in [0.25, 0.3) is 5.91 Å². The van der Waals surface area contributed by atoms with Crippen molar-refractivity contribution in [2.45, 2.75) is 45.6 Å². The minimum absolute atomic E-state index is 0.179. The molecular formula is C16H25NO2. The summed E-state index contributed by atoms with van der Waals surface area (Å²) in [5, 5.41) is 10.7. The first-order valence-corrected chi connectivity index (χ1v) is 7.05. The summed E-state index contributed by atoms with van der Waals surface area (Å²) in [6, 6.07) is 9.76. The average Bonchev–Trinajstić information content (AvgIpc) is 2.41. The van der Waals surface area contributed by atoms with Gasteiger partial charge in [-0.2, -0.15) is 0 Å². The van der Waals surface area contributed by atoms with Gasteiger partial charge in [0, 0.05) is 19.0 Å². The molecule has 0 aromatic heterocycles. The van der Waals surface area contributed by atoms with E-state index in [0.717, 1.165) is 12.0 Å². The summed E-state index contributed by atoms with van der Waals surface area (Å²) in [5.74, 6) is -0.366. The van der Waals surface area contributed by atoms with Crippen molar-refractivity contribution in [1.82, 2.24) is 4.90 Å². The van der Waals surface area contributed by atoms with Crippen LogP contribution in [0.4, 0.5) is 0 Å². The van der Waals surface area contributed by atoms with E-state index >= 15 is 0 Å². The Balaban J connectivity index is 3.05. The Morgan fingerprint density at radius 2 is 1.74 bits per heavy atom. The van der Waals surface area contributed by atoms with E-state index in [1.165, 1.54) is 0 Å². The molecule has 2 atom stereocenters. The molecule has 1 N–H and O–H groups in total. The van der Waals surface area contributed by atoms with Crippen molar-refractivity contribution in [3.63, 3.8) is 0 Å². The summed E-state index contributed by atoms with van der Waals surface area (Å²) in [6.07, 6.45) is 0.726. The molecule has 1 rings (SSSR count). The van der Waals surface area contributed by atoms with E-state index in [1.54, 1.807) is 11.8 Å². The lowest BCUT2D eigenvalue weighted by Crippen LogP contribution is -2.50. The first-order valence-electron chi connectivity index (χ1n) is 7.05. The van der Waals surface area contributed by atoms with Gasteiger partial charge in [0.15, 0.2) is 0 Å². The Labute approximate surface area is 116 Å². The molecule has 0 radical (unpaired) electrons. The third kappa shape index (κ3) is 3.35. The van der Waals surface area contributed by atoms with E-state index in [9.17, 15) is 9.90 Å². The maximum atomic E-state index is 12.5. The predicted molar refractivity (Wildman–Crippen MR) is 78.0 cm³/mol. The molecule has 0 aliphatic rings. The van der Waals surface area contributed by atoms with Crippen LogP contribution in [0.3, 0.4) is 0 Å². The molecular weight excluding hydrogens is 238 g/mol. The van der Waals surface area contributed by atoms with E-state index in [1.807, 2.05) is 51.1 Å². The van der Waals surface area contributed by atoms with Crippen LogP contribution >= 0.6 is 0 Å². The fourth-order valence-corrected chi connectivity index (χ4v) is 2.62. The summed E-state index contributed by atoms with van der Waals surface area (Å²) in [6.45, 7) is 8.74. The third-order valence-corrected chi connectivity index (χ3v) is 3.77. The number of amides is 1. The van der Waals surface area contributed by atoms with Crippen molar-refractivity contribution in [2.75, 3.05) is 13.1 Å². The second-order valence-corrected chi connectivity index (χ2v) is 5.00. The van der Waals surface area contributed by atoms with E-state index in [0.29, 0.717) is 13.1 Å². The highest BCUT2D eigenvalue weighted by Gasteiger charge is 2.41. The molecule has 0 saturated carbocycles. The first kappa shape index (κ1) is 15.7. The van der Waals surface area contributed by atoms with Crippen molar-refractivity contribution < 1.29 is 9.90 Å². The Hall–Kier alpha value is -1.35. The van der Waals surface area contributed by atoms with Gasteiger partial charge in [0.1, 0.15) is 5.60 Å². The number of hydrogen-bond acceptors (Lipinski definition) is 2. The average molecular weight is 263 g/mol. The van der Waals surface area contributed by atoms with Gasteiger partial charge >= 0.3 is 0 Å². The molecule has 3 nitrogen and oxygen atoms in total. The number of aliphatic hydroxyl groups is 1. The minimum Gasteiger partial charge on any atom is -0.380 e. The lowest BCUT2D eigenvalue weighted by molar-refractivity contribution is -0.151. The Kier molecular flexibility index (Phi) is 5.55. The fourth-order valence-electron chi connectivity index (χ4n) is 2.62. The maximum Gasteiger partial charge on any atom is 0.254 e. The number of carbonyl (C=O) groups excluding carboxylic acids is 1. The number of likely N-dealkylation sites (N-methyl/N-ethyl adjacent to an activating group) is 1. The fraction of sp³-hybridized carbons (Fsp3) is 0.562. The molecule has 0 bridgehead atoms. The summed E-state index contributed by atoms with van der Waals surface area (Å²) in [4.78, 5) is 14.2. The molecule has 106 valence electrons. The lowest BCUT2D eigenvalue weighted by atomic mass is 9.80. The maximum absolute atomic E-state index is 12.5. The molecule has 1 aromatic rings. The van der Waals surface area contributed by atoms with Gasteiger partial charge in [0.2, 0.25) is 0 Å². The number of nitrogens with zero attached hydrogens (tertiary/aromatic N) is 1. The SMILES string of the molecule is CCC(c1ccccc1)C(C)(O)C(=O)N(CC)CC. The van der Waals surface area contributed by atoms with Gasteiger partial charge in [0.05, 0.1) is 0 Å². The topological polar surface area (TPSA) is 40.5 Å². The quantitative estimate of drug-likeness (QED) is 0.857. The van der Waals surface area contributed by atoms with Crippen LogP contribution in [-0.2, 0) is 4.79 Å². The highest BCUT2D eigenvalue weighted by Crippen LogP contribution is 2.32. The Morgan fingerprint density at radius 3 is 2.16 bits per heavy atom. The van der Waals surface area contributed by atoms with Gasteiger partial charge in [-0.25, -0.2) is 0 Å². The van der Waals surface area contributed by atoms with Crippen molar-refractivity contribution >= 4 is 5.91 Å². The van der Waals surface area contributed by atoms with Crippen molar-refractivity contribution in [3.8, 4) is 0 Å². The number of rotatable bonds is 6. The van der Waals surface area contributed by atoms with Gasteiger partial charge in [-0.3, -0.25) is 4.79 Å². The summed E-state index contributed by atoms with van der Waals surface area (Å²) in [5.41, 5.74) is -0.349. The summed E-state index contributed by atoms with van der Waals surface area (Å²) >= 11 is 0. The number of benzene rings is 1. The Bertz CT molecular complexity index is 396. The molecule has 2 unspecified atom stereocenters. The van der Waals surface area contributed by atoms with E-state index in [4.69, 9.17) is 0 Å². The van der Waals surface area contributed by atoms with Crippen LogP contribution in [0.1, 0.15) is 45.6 Å². The molecule has 0 spiro atoms. The van der Waals surface area contributed by atoms with Crippen LogP contribution in [0.5, 0.6) is 0 Å². The minimum atomic E-state index is -1.36. The highest BCUT2D eigenvalue weighted by molar-refractivity contribution is 5.85. The molecule has 0 aliphatic carbocycles. The zero-order valence-corrected chi connectivity index (χ0v) is 12.4. The van der Waals surface area contributed by atoms with Crippen LogP contribution in [0.25, 0.3) is 0 Å². The first-order chi connectivity index (χ1) is 8.98. The third-order valence-electron chi connectivity index (χ3n) is 3.77. The molecule has 0 aliphatic heterocycles. The van der Waals surface area contributed by atoms with Crippen LogP contribution < -0.4 is 0 Å². The molecule has 0 saturated heterocycles. The molecule has 3 heteroatoms. The van der Waals surface area contributed by atoms with Gasteiger partial charge in [-0.1, -0.05) is 37.3 Å². The van der Waals surface area contributed by atoms with Gasteiger partial charge in [-0.05, 0) is 32.8 Å². The lowest BCUT2D eigenvalue weighted by Gasteiger charge is -2.35. The smallest absolute Gasteiger partial charge is 0.254 e. The van der Waals surface area contributed by atoms with Crippen molar-refractivity contribution in [3.05, 3.63) is 35.9 Å². The molecule has 1 aromatic carbocycles. The van der Waals surface area contributed by atoms with E-state index in [-0.39, 0.29) is 11.8 Å². The molecule has 19 heavy (non-hydrogen) atoms. The summed E-state index contributed by atoms with van der Waals surface area (Å²) in [7, 11) is 0. The van der Waals surface area contributed by atoms with E-state index < -0.39 is 5.60 Å². The largest absolute Gasteiger partial charge is 0.380 e. The highest BCUT2D eigenvalue weighted by atomic mass is 16.3. The predicted octanol–water partition coefficient (Wildman–Crippen LogP) is 2.80. The zero-order chi connectivity index (χ0) is 14.5. The number of carbonyl (C=O) groups is 1. The van der Waals surface area contributed by atoms with Crippen molar-refractivity contribution in [2.24, 2.45) is 0 Å². The second kappa shape index (κ2) is 6.71. The van der Waals surface area contributed by atoms with Gasteiger partial charge < -0.3 is 10.0 Å². The molecule has 0 heterocycles. The molecule has 0 fully saturated rings. The van der Waals surface area contributed by atoms with E-state index in [2.05, 4.69) is 0 Å². The number of hydrogen-bond donors (Lipinski definition) is 1. The zero-order valence-electron chi connectivity index (χ0n) is 12.4. The summed E-state index contributed by atoms with van der Waals surface area (Å²) < 4.78 is 0. The monoisotopic (exact) mass is 263 g/mol. The van der Waals surface area contributed by atoms with Crippen molar-refractivity contribution in [1.29, 1.82) is 0 Å². The second-order valence-electron chi connectivity index (χ2n) is 5.00. The van der Waals surface area contributed by atoms with Gasteiger partial charge in [-0.15, -0.1) is 0 Å². The van der Waals surface area contributed by atoms with Crippen LogP contribution in [-0.4, -0.2) is 34.6 Å². The van der Waals surface area contributed by atoms with Crippen LogP contribution in [0, 0.1) is 0 Å². The van der Waals surface area contributed by atoms with Crippen LogP contribution in [0.2, 0.25) is 0 Å². The Morgan fingerprint density at radius 1 is 1.21 bits per heavy atom. The van der Waals surface area contributed by atoms with Crippen LogP contribution in [0.15, 0.2) is 30.3 Å². The molecule has 1 amide bonds. The normalized spacial score (nSPS) is 15.6.